The second-order valence-electron chi connectivity index (χ2n) is 4.87. The van der Waals surface area contributed by atoms with Crippen molar-refractivity contribution < 1.29 is 9.21 Å². The van der Waals surface area contributed by atoms with Crippen LogP contribution in [0.5, 0.6) is 0 Å². The summed E-state index contributed by atoms with van der Waals surface area (Å²) in [6, 6.07) is 7.76. The van der Waals surface area contributed by atoms with Crippen molar-refractivity contribution in [1.82, 2.24) is 10.3 Å². The smallest absolute Gasteiger partial charge is 0.233 e. The lowest BCUT2D eigenvalue weighted by Crippen LogP contribution is -2.30. The minimum Gasteiger partial charge on any atom is -0.462 e. The van der Waals surface area contributed by atoms with Crippen molar-refractivity contribution in [3.63, 3.8) is 0 Å². The Morgan fingerprint density at radius 3 is 3.04 bits per heavy atom. The molecule has 0 radical (unpaired) electrons. The van der Waals surface area contributed by atoms with E-state index in [9.17, 15) is 4.79 Å². The molecular formula is C16H16N2O2S3. The van der Waals surface area contributed by atoms with Crippen LogP contribution in [-0.2, 0) is 17.1 Å². The van der Waals surface area contributed by atoms with Crippen LogP contribution in [0.15, 0.2) is 45.7 Å². The van der Waals surface area contributed by atoms with Crippen LogP contribution >= 0.6 is 34.4 Å². The van der Waals surface area contributed by atoms with Gasteiger partial charge in [0.25, 0.3) is 0 Å². The summed E-state index contributed by atoms with van der Waals surface area (Å²) in [5.41, 5.74) is 0.976. The molecule has 0 saturated carbocycles. The summed E-state index contributed by atoms with van der Waals surface area (Å²) in [7, 11) is 0. The molecule has 3 aromatic rings. The number of carbonyl (C=O) groups is 1. The largest absolute Gasteiger partial charge is 0.462 e. The molecule has 23 heavy (non-hydrogen) atoms. The molecule has 0 saturated heterocycles. The topological polar surface area (TPSA) is 55.1 Å². The van der Waals surface area contributed by atoms with Gasteiger partial charge in [0.15, 0.2) is 10.8 Å². The molecule has 0 aliphatic carbocycles. The van der Waals surface area contributed by atoms with Gasteiger partial charge in [-0.1, -0.05) is 6.07 Å². The highest BCUT2D eigenvalue weighted by molar-refractivity contribution is 7.99. The highest BCUT2D eigenvalue weighted by Crippen LogP contribution is 2.26. The average Bonchev–Trinajstić information content (AvgIpc) is 3.32. The molecule has 0 fully saturated rings. The highest BCUT2D eigenvalue weighted by Gasteiger charge is 2.15. The summed E-state index contributed by atoms with van der Waals surface area (Å²) >= 11 is 4.80. The fraction of sp³-hybridized carbons (Fsp3) is 0.250. The molecule has 0 aromatic carbocycles. The summed E-state index contributed by atoms with van der Waals surface area (Å²) in [6.45, 7) is 2.52. The zero-order valence-corrected chi connectivity index (χ0v) is 15.0. The highest BCUT2D eigenvalue weighted by atomic mass is 32.2. The first-order valence-electron chi connectivity index (χ1n) is 7.12. The number of thiophene rings is 1. The number of furan rings is 1. The second kappa shape index (κ2) is 7.81. The van der Waals surface area contributed by atoms with E-state index in [4.69, 9.17) is 4.42 Å². The SMILES string of the molecule is CC(SCc1csc(-c2ccco2)n1)C(=O)NCc1cccs1. The summed E-state index contributed by atoms with van der Waals surface area (Å²) in [4.78, 5) is 17.8. The zero-order chi connectivity index (χ0) is 16.1. The minimum absolute atomic E-state index is 0.0601. The number of nitrogens with one attached hydrogen (secondary N) is 1. The second-order valence-corrected chi connectivity index (χ2v) is 8.09. The molecule has 120 valence electrons. The van der Waals surface area contributed by atoms with E-state index in [-0.39, 0.29) is 11.2 Å². The normalized spacial score (nSPS) is 12.2. The van der Waals surface area contributed by atoms with Gasteiger partial charge in [0.1, 0.15) is 0 Å². The minimum atomic E-state index is -0.108. The van der Waals surface area contributed by atoms with Gasteiger partial charge < -0.3 is 9.73 Å². The van der Waals surface area contributed by atoms with Crippen LogP contribution in [0.4, 0.5) is 0 Å². The van der Waals surface area contributed by atoms with Crippen LogP contribution < -0.4 is 5.32 Å². The number of thioether (sulfide) groups is 1. The Balaban J connectivity index is 1.46. The van der Waals surface area contributed by atoms with Gasteiger partial charge in [0.2, 0.25) is 5.91 Å². The van der Waals surface area contributed by atoms with Gasteiger partial charge in [-0.05, 0) is 30.5 Å². The fourth-order valence-corrected chi connectivity index (χ4v) is 4.24. The molecule has 7 heteroatoms. The number of carbonyl (C=O) groups excluding carboxylic acids is 1. The maximum Gasteiger partial charge on any atom is 0.233 e. The van der Waals surface area contributed by atoms with E-state index in [0.29, 0.717) is 12.3 Å². The Morgan fingerprint density at radius 1 is 1.39 bits per heavy atom. The molecule has 4 nitrogen and oxygen atoms in total. The van der Waals surface area contributed by atoms with Crippen molar-refractivity contribution in [3.8, 4) is 10.8 Å². The molecule has 1 unspecified atom stereocenters. The van der Waals surface area contributed by atoms with Gasteiger partial charge in [-0.3, -0.25) is 4.79 Å². The third kappa shape index (κ3) is 4.46. The van der Waals surface area contributed by atoms with Gasteiger partial charge in [0.05, 0.1) is 23.8 Å². The monoisotopic (exact) mass is 364 g/mol. The summed E-state index contributed by atoms with van der Waals surface area (Å²) in [6.07, 6.45) is 1.64. The molecule has 0 spiro atoms. The molecule has 3 heterocycles. The Hall–Kier alpha value is -1.57. The van der Waals surface area contributed by atoms with E-state index in [1.54, 1.807) is 40.7 Å². The number of rotatable bonds is 7. The maximum absolute atomic E-state index is 12.1. The molecule has 0 aliphatic rings. The van der Waals surface area contributed by atoms with Crippen LogP contribution in [0.1, 0.15) is 17.5 Å². The van der Waals surface area contributed by atoms with Gasteiger partial charge in [0, 0.05) is 16.0 Å². The van der Waals surface area contributed by atoms with E-state index in [0.717, 1.165) is 21.3 Å². The van der Waals surface area contributed by atoms with Gasteiger partial charge in [-0.25, -0.2) is 4.98 Å². The van der Waals surface area contributed by atoms with E-state index in [1.807, 2.05) is 41.9 Å². The number of aromatic nitrogens is 1. The molecule has 0 aliphatic heterocycles. The summed E-state index contributed by atoms with van der Waals surface area (Å²) in [5, 5.41) is 7.76. The van der Waals surface area contributed by atoms with Crippen LogP contribution in [0.2, 0.25) is 0 Å². The number of hydrogen-bond acceptors (Lipinski definition) is 6. The first-order valence-corrected chi connectivity index (χ1v) is 9.93. The fourth-order valence-electron chi connectivity index (χ4n) is 1.90. The quantitative estimate of drug-likeness (QED) is 0.675. The lowest BCUT2D eigenvalue weighted by molar-refractivity contribution is -0.120. The number of amides is 1. The van der Waals surface area contributed by atoms with Crippen LogP contribution in [0.3, 0.4) is 0 Å². The van der Waals surface area contributed by atoms with Crippen molar-refractivity contribution in [2.75, 3.05) is 0 Å². The number of hydrogen-bond donors (Lipinski definition) is 1. The molecule has 1 atom stereocenters. The van der Waals surface area contributed by atoms with Crippen LogP contribution in [-0.4, -0.2) is 16.1 Å². The summed E-state index contributed by atoms with van der Waals surface area (Å²) < 4.78 is 5.34. The lowest BCUT2D eigenvalue weighted by atomic mass is 10.4. The third-order valence-corrected chi connectivity index (χ3v) is 6.11. The van der Waals surface area contributed by atoms with Crippen molar-refractivity contribution in [1.29, 1.82) is 0 Å². The third-order valence-electron chi connectivity index (χ3n) is 3.15. The maximum atomic E-state index is 12.1. The molecule has 3 rings (SSSR count). The Labute approximate surface area is 146 Å². The Morgan fingerprint density at radius 2 is 2.30 bits per heavy atom. The first-order chi connectivity index (χ1) is 11.2. The van der Waals surface area contributed by atoms with E-state index in [1.165, 1.54) is 0 Å². The molecule has 1 N–H and O–H groups in total. The predicted molar refractivity (Wildman–Crippen MR) is 96.7 cm³/mol. The van der Waals surface area contributed by atoms with E-state index >= 15 is 0 Å². The van der Waals surface area contributed by atoms with E-state index < -0.39 is 0 Å². The van der Waals surface area contributed by atoms with Crippen LogP contribution in [0, 0.1) is 0 Å². The molecule has 3 aromatic heterocycles. The van der Waals surface area contributed by atoms with E-state index in [2.05, 4.69) is 10.3 Å². The van der Waals surface area contributed by atoms with Crippen molar-refractivity contribution in [2.45, 2.75) is 24.5 Å². The Bertz CT molecular complexity index is 735. The van der Waals surface area contributed by atoms with Gasteiger partial charge in [-0.15, -0.1) is 34.4 Å². The Kier molecular flexibility index (Phi) is 5.53. The van der Waals surface area contributed by atoms with Crippen LogP contribution in [0.25, 0.3) is 10.8 Å². The molecule has 0 bridgehead atoms. The van der Waals surface area contributed by atoms with Crippen molar-refractivity contribution in [2.24, 2.45) is 0 Å². The standard InChI is InChI=1S/C16H16N2O2S3/c1-11(15(19)17-8-13-4-3-7-21-13)22-9-12-10-23-16(18-12)14-5-2-6-20-14/h2-7,10-11H,8-9H2,1H3,(H,17,19). The van der Waals surface area contributed by atoms with Gasteiger partial charge >= 0.3 is 0 Å². The molecule has 1 amide bonds. The van der Waals surface area contributed by atoms with Gasteiger partial charge in [-0.2, -0.15) is 0 Å². The molecular weight excluding hydrogens is 348 g/mol. The zero-order valence-electron chi connectivity index (χ0n) is 12.5. The number of nitrogens with zero attached hydrogens (tertiary/aromatic N) is 1. The first kappa shape index (κ1) is 16.3. The van der Waals surface area contributed by atoms with Crippen molar-refractivity contribution >= 4 is 40.3 Å². The predicted octanol–water partition coefficient (Wildman–Crippen LogP) is 4.40. The average molecular weight is 365 g/mol. The number of thiazole rings is 1. The summed E-state index contributed by atoms with van der Waals surface area (Å²) in [5.74, 6) is 1.56. The van der Waals surface area contributed by atoms with Crippen molar-refractivity contribution in [3.05, 3.63) is 51.9 Å². The lowest BCUT2D eigenvalue weighted by Gasteiger charge is -2.10.